The Morgan fingerprint density at radius 3 is 2.81 bits per heavy atom. The Bertz CT molecular complexity index is 556. The zero-order valence-corrected chi connectivity index (χ0v) is 9.62. The summed E-state index contributed by atoms with van der Waals surface area (Å²) in [7, 11) is -2.96. The molecule has 0 aliphatic rings. The molecule has 0 unspecified atom stereocenters. The van der Waals surface area contributed by atoms with Crippen LogP contribution in [-0.4, -0.2) is 32.0 Å². The third kappa shape index (κ3) is 2.73. The molecule has 1 aromatic carbocycles. The fourth-order valence-corrected chi connectivity index (χ4v) is 1.76. The average Bonchev–Trinajstić information content (AvgIpc) is 2.57. The SMILES string of the molecule is CS(=O)(=O)CCNc1nc2ccccc2o1. The highest BCUT2D eigenvalue weighted by molar-refractivity contribution is 7.90. The van der Waals surface area contributed by atoms with E-state index in [9.17, 15) is 8.42 Å². The molecule has 2 aromatic rings. The fourth-order valence-electron chi connectivity index (χ4n) is 1.29. The van der Waals surface area contributed by atoms with Crippen LogP contribution in [0.25, 0.3) is 11.1 Å². The van der Waals surface area contributed by atoms with Crippen LogP contribution in [0.5, 0.6) is 0 Å². The predicted octanol–water partition coefficient (Wildman–Crippen LogP) is 1.28. The Hall–Kier alpha value is -1.56. The van der Waals surface area contributed by atoms with Crippen LogP contribution in [0.15, 0.2) is 28.7 Å². The van der Waals surface area contributed by atoms with E-state index in [4.69, 9.17) is 4.42 Å². The summed E-state index contributed by atoms with van der Waals surface area (Å²) in [6.07, 6.45) is 1.20. The minimum Gasteiger partial charge on any atom is -0.424 e. The number of fused-ring (bicyclic) bond motifs is 1. The van der Waals surface area contributed by atoms with Crippen LogP contribution in [-0.2, 0) is 9.84 Å². The number of nitrogens with one attached hydrogen (secondary N) is 1. The van der Waals surface area contributed by atoms with E-state index in [1.54, 1.807) is 0 Å². The van der Waals surface area contributed by atoms with E-state index >= 15 is 0 Å². The molecule has 6 heteroatoms. The topological polar surface area (TPSA) is 72.2 Å². The van der Waals surface area contributed by atoms with Crippen molar-refractivity contribution in [2.45, 2.75) is 0 Å². The summed E-state index contributed by atoms with van der Waals surface area (Å²) < 4.78 is 27.2. The minimum absolute atomic E-state index is 0.0612. The monoisotopic (exact) mass is 240 g/mol. The Morgan fingerprint density at radius 1 is 1.38 bits per heavy atom. The molecule has 2 rings (SSSR count). The number of anilines is 1. The molecule has 86 valence electrons. The van der Waals surface area contributed by atoms with Gasteiger partial charge >= 0.3 is 0 Å². The van der Waals surface area contributed by atoms with E-state index < -0.39 is 9.84 Å². The maximum Gasteiger partial charge on any atom is 0.295 e. The quantitative estimate of drug-likeness (QED) is 0.871. The highest BCUT2D eigenvalue weighted by Gasteiger charge is 2.06. The van der Waals surface area contributed by atoms with E-state index in [0.717, 1.165) is 5.52 Å². The third-order valence-corrected chi connectivity index (χ3v) is 2.99. The second-order valence-corrected chi connectivity index (χ2v) is 5.80. The molecule has 16 heavy (non-hydrogen) atoms. The number of sulfone groups is 1. The van der Waals surface area contributed by atoms with Gasteiger partial charge in [0, 0.05) is 12.8 Å². The van der Waals surface area contributed by atoms with E-state index in [1.807, 2.05) is 24.3 Å². The van der Waals surface area contributed by atoms with Crippen LogP contribution in [0.3, 0.4) is 0 Å². The number of nitrogens with zero attached hydrogens (tertiary/aromatic N) is 1. The number of aromatic nitrogens is 1. The lowest BCUT2D eigenvalue weighted by Crippen LogP contribution is -2.14. The summed E-state index contributed by atoms with van der Waals surface area (Å²) in [4.78, 5) is 4.16. The van der Waals surface area contributed by atoms with Gasteiger partial charge in [0.05, 0.1) is 5.75 Å². The van der Waals surface area contributed by atoms with Crippen LogP contribution >= 0.6 is 0 Å². The molecule has 0 atom stereocenters. The average molecular weight is 240 g/mol. The molecule has 0 radical (unpaired) electrons. The molecule has 0 fully saturated rings. The van der Waals surface area contributed by atoms with Crippen molar-refractivity contribution in [3.05, 3.63) is 24.3 Å². The lowest BCUT2D eigenvalue weighted by Gasteiger charge is -1.98. The van der Waals surface area contributed by atoms with Gasteiger partial charge in [-0.3, -0.25) is 0 Å². The first-order valence-electron chi connectivity index (χ1n) is 4.82. The van der Waals surface area contributed by atoms with Crippen molar-refractivity contribution in [1.82, 2.24) is 4.98 Å². The highest BCUT2D eigenvalue weighted by atomic mass is 32.2. The number of benzene rings is 1. The third-order valence-electron chi connectivity index (χ3n) is 2.04. The Morgan fingerprint density at radius 2 is 2.12 bits per heavy atom. The van der Waals surface area contributed by atoms with Gasteiger partial charge in [0.25, 0.3) is 6.01 Å². The number of para-hydroxylation sites is 2. The van der Waals surface area contributed by atoms with Gasteiger partial charge < -0.3 is 9.73 Å². The molecule has 0 saturated carbocycles. The molecule has 1 heterocycles. The first-order chi connectivity index (χ1) is 7.54. The Balaban J connectivity index is 2.05. The zero-order chi connectivity index (χ0) is 11.6. The van der Waals surface area contributed by atoms with Crippen LogP contribution in [0.2, 0.25) is 0 Å². The van der Waals surface area contributed by atoms with Crippen molar-refractivity contribution in [3.8, 4) is 0 Å². The van der Waals surface area contributed by atoms with Crippen molar-refractivity contribution in [2.75, 3.05) is 23.9 Å². The molecule has 0 spiro atoms. The van der Waals surface area contributed by atoms with Crippen LogP contribution in [0, 0.1) is 0 Å². The molecule has 5 nitrogen and oxygen atoms in total. The van der Waals surface area contributed by atoms with Gasteiger partial charge in [0.2, 0.25) is 0 Å². The zero-order valence-electron chi connectivity index (χ0n) is 8.80. The molecule has 1 N–H and O–H groups in total. The molecular formula is C10H12N2O3S. The van der Waals surface area contributed by atoms with Gasteiger partial charge in [-0.2, -0.15) is 4.98 Å². The van der Waals surface area contributed by atoms with Gasteiger partial charge in [0.1, 0.15) is 15.4 Å². The van der Waals surface area contributed by atoms with Gasteiger partial charge in [-0.25, -0.2) is 8.42 Å². The van der Waals surface area contributed by atoms with Crippen LogP contribution < -0.4 is 5.32 Å². The largest absolute Gasteiger partial charge is 0.424 e. The number of oxazole rings is 1. The number of hydrogen-bond acceptors (Lipinski definition) is 5. The molecule has 0 bridgehead atoms. The van der Waals surface area contributed by atoms with E-state index in [2.05, 4.69) is 10.3 Å². The van der Waals surface area contributed by atoms with Gasteiger partial charge in [0.15, 0.2) is 5.58 Å². The van der Waals surface area contributed by atoms with Crippen molar-refractivity contribution in [3.63, 3.8) is 0 Å². The lowest BCUT2D eigenvalue weighted by atomic mass is 10.3. The lowest BCUT2D eigenvalue weighted by molar-refractivity contribution is 0.599. The van der Waals surface area contributed by atoms with Crippen molar-refractivity contribution in [1.29, 1.82) is 0 Å². The van der Waals surface area contributed by atoms with Crippen molar-refractivity contribution >= 4 is 27.0 Å². The molecule has 1 aromatic heterocycles. The van der Waals surface area contributed by atoms with Gasteiger partial charge in [-0.15, -0.1) is 0 Å². The molecule has 0 aliphatic carbocycles. The van der Waals surface area contributed by atoms with Gasteiger partial charge in [-0.05, 0) is 12.1 Å². The van der Waals surface area contributed by atoms with Crippen LogP contribution in [0.1, 0.15) is 0 Å². The summed E-state index contributed by atoms with van der Waals surface area (Å²) in [5, 5.41) is 2.83. The molecular weight excluding hydrogens is 228 g/mol. The predicted molar refractivity (Wildman–Crippen MR) is 62.2 cm³/mol. The first-order valence-corrected chi connectivity index (χ1v) is 6.88. The van der Waals surface area contributed by atoms with E-state index in [1.165, 1.54) is 6.26 Å². The summed E-state index contributed by atoms with van der Waals surface area (Å²) in [6, 6.07) is 7.72. The minimum atomic E-state index is -2.96. The normalized spacial score (nSPS) is 11.8. The van der Waals surface area contributed by atoms with E-state index in [0.29, 0.717) is 18.1 Å². The summed E-state index contributed by atoms with van der Waals surface area (Å²) in [6.45, 7) is 0.297. The molecule has 0 aliphatic heterocycles. The fraction of sp³-hybridized carbons (Fsp3) is 0.300. The van der Waals surface area contributed by atoms with Crippen molar-refractivity contribution in [2.24, 2.45) is 0 Å². The van der Waals surface area contributed by atoms with Crippen molar-refractivity contribution < 1.29 is 12.8 Å². The Labute approximate surface area is 93.4 Å². The number of rotatable bonds is 4. The smallest absolute Gasteiger partial charge is 0.295 e. The summed E-state index contributed by atoms with van der Waals surface area (Å²) in [5.41, 5.74) is 1.44. The molecule has 0 amide bonds. The molecule has 0 saturated heterocycles. The highest BCUT2D eigenvalue weighted by Crippen LogP contribution is 2.17. The maximum atomic E-state index is 10.9. The number of hydrogen-bond donors (Lipinski definition) is 1. The van der Waals surface area contributed by atoms with Crippen LogP contribution in [0.4, 0.5) is 6.01 Å². The van der Waals surface area contributed by atoms with E-state index in [-0.39, 0.29) is 5.75 Å². The maximum absolute atomic E-state index is 10.9. The first kappa shape index (κ1) is 10.9. The Kier molecular flexibility index (Phi) is 2.82. The second-order valence-electron chi connectivity index (χ2n) is 3.54. The summed E-state index contributed by atoms with van der Waals surface area (Å²) in [5.74, 6) is 0.0612. The second kappa shape index (κ2) is 4.13. The summed E-state index contributed by atoms with van der Waals surface area (Å²) >= 11 is 0. The van der Waals surface area contributed by atoms with Gasteiger partial charge in [-0.1, -0.05) is 12.1 Å². The standard InChI is InChI=1S/C10H12N2O3S/c1-16(13,14)7-6-11-10-12-8-4-2-3-5-9(8)15-10/h2-5H,6-7H2,1H3,(H,11,12).